The van der Waals surface area contributed by atoms with Gasteiger partial charge >= 0.3 is 0 Å². The summed E-state index contributed by atoms with van der Waals surface area (Å²) in [5, 5.41) is 0. The molecule has 1 nitrogen and oxygen atoms in total. The van der Waals surface area contributed by atoms with Crippen molar-refractivity contribution in [3.05, 3.63) is 34.9 Å². The molecular weight excluding hydrogens is 170 g/mol. The van der Waals surface area contributed by atoms with Gasteiger partial charge in [0.1, 0.15) is 0 Å². The van der Waals surface area contributed by atoms with E-state index >= 15 is 0 Å². The van der Waals surface area contributed by atoms with E-state index in [1.807, 2.05) is 0 Å². The van der Waals surface area contributed by atoms with Crippen LogP contribution in [0.25, 0.3) is 0 Å². The van der Waals surface area contributed by atoms with Gasteiger partial charge in [-0.25, -0.2) is 0 Å². The quantitative estimate of drug-likeness (QED) is 0.722. The van der Waals surface area contributed by atoms with Gasteiger partial charge in [-0.15, -0.1) is 0 Å². The van der Waals surface area contributed by atoms with Gasteiger partial charge in [-0.2, -0.15) is 0 Å². The molecule has 0 amide bonds. The summed E-state index contributed by atoms with van der Waals surface area (Å²) < 4.78 is 0. The Bertz CT molecular complexity index is 379. The highest BCUT2D eigenvalue weighted by molar-refractivity contribution is 5.42. The first kappa shape index (κ1) is 9.72. The fraction of sp³-hybridized carbons (Fsp3) is 0.538. The molecule has 1 heteroatoms. The van der Waals surface area contributed by atoms with Crippen molar-refractivity contribution < 1.29 is 0 Å². The van der Waals surface area contributed by atoms with E-state index in [4.69, 9.17) is 5.73 Å². The van der Waals surface area contributed by atoms with E-state index in [0.29, 0.717) is 0 Å². The van der Waals surface area contributed by atoms with Crippen molar-refractivity contribution in [2.24, 2.45) is 11.1 Å². The summed E-state index contributed by atoms with van der Waals surface area (Å²) in [4.78, 5) is 0. The maximum atomic E-state index is 6.40. The maximum Gasteiger partial charge on any atom is 0.0470 e. The van der Waals surface area contributed by atoms with E-state index in [0.717, 1.165) is 6.42 Å². The second-order valence-electron chi connectivity index (χ2n) is 5.35. The van der Waals surface area contributed by atoms with Gasteiger partial charge in [0.05, 0.1) is 0 Å². The fourth-order valence-corrected chi connectivity index (χ4v) is 2.43. The number of hydrogen-bond acceptors (Lipinski definition) is 1. The molecule has 0 spiro atoms. The van der Waals surface area contributed by atoms with Gasteiger partial charge in [0.15, 0.2) is 0 Å². The minimum Gasteiger partial charge on any atom is -0.321 e. The smallest absolute Gasteiger partial charge is 0.0470 e. The molecule has 0 radical (unpaired) electrons. The molecular formula is C13H19N. The third-order valence-corrected chi connectivity index (χ3v) is 3.67. The van der Waals surface area contributed by atoms with Crippen LogP contribution in [0.4, 0.5) is 0 Å². The molecule has 2 N–H and O–H groups in total. The molecule has 0 heterocycles. The Labute approximate surface area is 86.3 Å². The minimum absolute atomic E-state index is 0.0786. The van der Waals surface area contributed by atoms with Crippen molar-refractivity contribution >= 4 is 0 Å². The second kappa shape index (κ2) is 2.60. The van der Waals surface area contributed by atoms with Gasteiger partial charge in [0.25, 0.3) is 0 Å². The summed E-state index contributed by atoms with van der Waals surface area (Å²) in [6, 6.07) is 6.57. The van der Waals surface area contributed by atoms with Crippen molar-refractivity contribution in [3.63, 3.8) is 0 Å². The molecule has 0 aliphatic heterocycles. The first-order chi connectivity index (χ1) is 6.37. The predicted molar refractivity (Wildman–Crippen MR) is 60.2 cm³/mol. The number of aryl methyl sites for hydroxylation is 2. The number of rotatable bonds is 1. The van der Waals surface area contributed by atoms with E-state index in [2.05, 4.69) is 45.9 Å². The molecule has 1 saturated carbocycles. The van der Waals surface area contributed by atoms with Crippen molar-refractivity contribution in [2.45, 2.75) is 39.7 Å². The average Bonchev–Trinajstić information content (AvgIpc) is 2.50. The lowest BCUT2D eigenvalue weighted by molar-refractivity contribution is 0.508. The Morgan fingerprint density at radius 3 is 2.21 bits per heavy atom. The van der Waals surface area contributed by atoms with Gasteiger partial charge in [0.2, 0.25) is 0 Å². The highest BCUT2D eigenvalue weighted by Gasteiger charge is 2.59. The predicted octanol–water partition coefficient (Wildman–Crippen LogP) is 2.89. The largest absolute Gasteiger partial charge is 0.321 e. The van der Waals surface area contributed by atoms with Crippen molar-refractivity contribution in [1.82, 2.24) is 0 Å². The third-order valence-electron chi connectivity index (χ3n) is 3.67. The van der Waals surface area contributed by atoms with E-state index < -0.39 is 0 Å². The topological polar surface area (TPSA) is 26.0 Å². The highest BCUT2D eigenvalue weighted by atomic mass is 14.9. The lowest BCUT2D eigenvalue weighted by Crippen LogP contribution is -2.26. The lowest BCUT2D eigenvalue weighted by atomic mass is 9.92. The Morgan fingerprint density at radius 2 is 1.79 bits per heavy atom. The molecule has 0 bridgehead atoms. The molecule has 1 aromatic rings. The zero-order valence-corrected chi connectivity index (χ0v) is 9.52. The van der Waals surface area contributed by atoms with Crippen LogP contribution < -0.4 is 5.73 Å². The van der Waals surface area contributed by atoms with Crippen LogP contribution in [-0.2, 0) is 5.54 Å². The molecule has 1 aliphatic rings. The standard InChI is InChI=1S/C13H19N/c1-9-5-6-11(10(2)7-9)13(14)8-12(13,3)4/h5-7H,8,14H2,1-4H3. The van der Waals surface area contributed by atoms with E-state index in [1.54, 1.807) is 0 Å². The SMILES string of the molecule is Cc1ccc(C2(N)CC2(C)C)c(C)c1. The van der Waals surface area contributed by atoms with Crippen LogP contribution in [-0.4, -0.2) is 0 Å². The van der Waals surface area contributed by atoms with E-state index in [-0.39, 0.29) is 11.0 Å². The molecule has 1 aromatic carbocycles. The molecule has 0 saturated heterocycles. The third kappa shape index (κ3) is 1.19. The van der Waals surface area contributed by atoms with E-state index in [9.17, 15) is 0 Å². The molecule has 0 aromatic heterocycles. The molecule has 1 unspecified atom stereocenters. The average molecular weight is 189 g/mol. The van der Waals surface area contributed by atoms with Gasteiger partial charge in [-0.05, 0) is 36.8 Å². The minimum atomic E-state index is -0.0786. The maximum absolute atomic E-state index is 6.40. The van der Waals surface area contributed by atoms with Crippen LogP contribution in [0.3, 0.4) is 0 Å². The molecule has 1 atom stereocenters. The van der Waals surface area contributed by atoms with Gasteiger partial charge in [-0.3, -0.25) is 0 Å². The summed E-state index contributed by atoms with van der Waals surface area (Å²) in [6.07, 6.45) is 1.10. The molecule has 1 aliphatic carbocycles. The number of hydrogen-bond donors (Lipinski definition) is 1. The summed E-state index contributed by atoms with van der Waals surface area (Å²) in [7, 11) is 0. The molecule has 2 rings (SSSR count). The monoisotopic (exact) mass is 189 g/mol. The summed E-state index contributed by atoms with van der Waals surface area (Å²) in [6.45, 7) is 8.77. The fourth-order valence-electron chi connectivity index (χ4n) is 2.43. The van der Waals surface area contributed by atoms with Crippen LogP contribution in [0, 0.1) is 19.3 Å². The zero-order chi connectivity index (χ0) is 10.6. The van der Waals surface area contributed by atoms with E-state index in [1.165, 1.54) is 16.7 Å². The lowest BCUT2D eigenvalue weighted by Gasteiger charge is -2.18. The summed E-state index contributed by atoms with van der Waals surface area (Å²) in [5.41, 5.74) is 10.6. The molecule has 14 heavy (non-hydrogen) atoms. The van der Waals surface area contributed by atoms with Crippen LogP contribution in [0.15, 0.2) is 18.2 Å². The molecule has 76 valence electrons. The number of nitrogens with two attached hydrogens (primary N) is 1. The van der Waals surface area contributed by atoms with Gasteiger partial charge in [0, 0.05) is 5.54 Å². The Hall–Kier alpha value is -0.820. The van der Waals surface area contributed by atoms with Gasteiger partial charge < -0.3 is 5.73 Å². The summed E-state index contributed by atoms with van der Waals surface area (Å²) >= 11 is 0. The van der Waals surface area contributed by atoms with Crippen LogP contribution >= 0.6 is 0 Å². The first-order valence-corrected chi connectivity index (χ1v) is 5.23. The Kier molecular flexibility index (Phi) is 1.81. The number of benzene rings is 1. The van der Waals surface area contributed by atoms with Gasteiger partial charge in [-0.1, -0.05) is 37.6 Å². The summed E-state index contributed by atoms with van der Waals surface area (Å²) in [5.74, 6) is 0. The van der Waals surface area contributed by atoms with Crippen molar-refractivity contribution in [2.75, 3.05) is 0 Å². The van der Waals surface area contributed by atoms with Crippen LogP contribution in [0.5, 0.6) is 0 Å². The Morgan fingerprint density at radius 1 is 1.21 bits per heavy atom. The Balaban J connectivity index is 2.45. The first-order valence-electron chi connectivity index (χ1n) is 5.23. The molecule has 1 fully saturated rings. The normalized spacial score (nSPS) is 28.9. The zero-order valence-electron chi connectivity index (χ0n) is 9.52. The van der Waals surface area contributed by atoms with Crippen molar-refractivity contribution in [3.8, 4) is 0 Å². The van der Waals surface area contributed by atoms with Crippen LogP contribution in [0.1, 0.15) is 37.0 Å². The van der Waals surface area contributed by atoms with Crippen LogP contribution in [0.2, 0.25) is 0 Å². The second-order valence-corrected chi connectivity index (χ2v) is 5.35. The highest BCUT2D eigenvalue weighted by Crippen LogP contribution is 2.60. The van der Waals surface area contributed by atoms with Crippen molar-refractivity contribution in [1.29, 1.82) is 0 Å².